The number of nitro benzene ring substituents is 1. The average Bonchev–Trinajstić information content (AvgIpc) is 2.93. The zero-order valence-corrected chi connectivity index (χ0v) is 13.9. The van der Waals surface area contributed by atoms with E-state index in [0.29, 0.717) is 6.54 Å². The molecule has 0 amide bonds. The molecule has 0 saturated carbocycles. The predicted molar refractivity (Wildman–Crippen MR) is 86.5 cm³/mol. The minimum atomic E-state index is -3.58. The van der Waals surface area contributed by atoms with E-state index in [9.17, 15) is 18.5 Å². The molecule has 2 aliphatic rings. The number of benzene rings is 1. The highest BCUT2D eigenvalue weighted by molar-refractivity contribution is 7.88. The highest BCUT2D eigenvalue weighted by atomic mass is 32.2. The van der Waals surface area contributed by atoms with Crippen LogP contribution in [-0.2, 0) is 15.8 Å². The van der Waals surface area contributed by atoms with E-state index in [-0.39, 0.29) is 29.1 Å². The van der Waals surface area contributed by atoms with Crippen LogP contribution in [0.3, 0.4) is 0 Å². The lowest BCUT2D eigenvalue weighted by Crippen LogP contribution is -2.56. The largest absolute Gasteiger partial charge is 0.297 e. The first-order chi connectivity index (χ1) is 10.9. The van der Waals surface area contributed by atoms with Crippen molar-refractivity contribution in [2.24, 2.45) is 0 Å². The Morgan fingerprint density at radius 1 is 1.30 bits per heavy atom. The number of hydrogen-bond donors (Lipinski definition) is 0. The van der Waals surface area contributed by atoms with Gasteiger partial charge in [-0.3, -0.25) is 15.0 Å². The van der Waals surface area contributed by atoms with E-state index in [1.165, 1.54) is 16.4 Å². The molecule has 1 aromatic carbocycles. The lowest BCUT2D eigenvalue weighted by Gasteiger charge is -2.41. The Kier molecular flexibility index (Phi) is 4.39. The molecule has 0 aliphatic carbocycles. The van der Waals surface area contributed by atoms with Gasteiger partial charge >= 0.3 is 0 Å². The van der Waals surface area contributed by atoms with E-state index in [2.05, 4.69) is 4.90 Å². The summed E-state index contributed by atoms with van der Waals surface area (Å²) >= 11 is 0. The Balaban J connectivity index is 1.83. The van der Waals surface area contributed by atoms with Gasteiger partial charge in [-0.15, -0.1) is 0 Å². The molecule has 2 aliphatic heterocycles. The molecule has 3 rings (SSSR count). The zero-order chi connectivity index (χ0) is 16.6. The van der Waals surface area contributed by atoms with Gasteiger partial charge in [0.15, 0.2) is 0 Å². The van der Waals surface area contributed by atoms with Gasteiger partial charge in [-0.05, 0) is 26.3 Å². The van der Waals surface area contributed by atoms with Gasteiger partial charge in [0.1, 0.15) is 0 Å². The lowest BCUT2D eigenvalue weighted by molar-refractivity contribution is -0.385. The van der Waals surface area contributed by atoms with Crippen LogP contribution in [-0.4, -0.2) is 54.3 Å². The highest BCUT2D eigenvalue weighted by Gasteiger charge is 2.40. The van der Waals surface area contributed by atoms with Crippen molar-refractivity contribution >= 4 is 15.7 Å². The second kappa shape index (κ2) is 6.18. The normalized spacial score (nSPS) is 26.1. The summed E-state index contributed by atoms with van der Waals surface area (Å²) in [4.78, 5) is 12.9. The van der Waals surface area contributed by atoms with Crippen molar-refractivity contribution in [2.45, 2.75) is 37.6 Å². The van der Waals surface area contributed by atoms with E-state index in [4.69, 9.17) is 0 Å². The van der Waals surface area contributed by atoms with Crippen LogP contribution < -0.4 is 0 Å². The molecule has 7 nitrogen and oxygen atoms in total. The van der Waals surface area contributed by atoms with Crippen molar-refractivity contribution in [2.75, 3.05) is 19.6 Å². The fourth-order valence-electron chi connectivity index (χ4n) is 3.64. The molecule has 0 spiro atoms. The molecule has 23 heavy (non-hydrogen) atoms. The summed E-state index contributed by atoms with van der Waals surface area (Å²) in [6, 6.07) is 6.24. The number of sulfonamides is 1. The molecule has 2 saturated heterocycles. The molecule has 2 atom stereocenters. The lowest BCUT2D eigenvalue weighted by atomic mass is 10.1. The van der Waals surface area contributed by atoms with Crippen LogP contribution in [0.1, 0.15) is 25.3 Å². The van der Waals surface area contributed by atoms with Crippen LogP contribution in [0, 0.1) is 10.1 Å². The highest BCUT2D eigenvalue weighted by Crippen LogP contribution is 2.29. The third-order valence-electron chi connectivity index (χ3n) is 4.76. The van der Waals surface area contributed by atoms with Gasteiger partial charge in [0.2, 0.25) is 10.0 Å². The van der Waals surface area contributed by atoms with Crippen molar-refractivity contribution in [3.63, 3.8) is 0 Å². The number of para-hydroxylation sites is 1. The summed E-state index contributed by atoms with van der Waals surface area (Å²) < 4.78 is 27.2. The Morgan fingerprint density at radius 3 is 2.78 bits per heavy atom. The van der Waals surface area contributed by atoms with Gasteiger partial charge in [-0.1, -0.05) is 18.2 Å². The fraction of sp³-hybridized carbons (Fsp3) is 0.600. The minimum Gasteiger partial charge on any atom is -0.297 e. The van der Waals surface area contributed by atoms with E-state index >= 15 is 0 Å². The topological polar surface area (TPSA) is 83.8 Å². The zero-order valence-electron chi connectivity index (χ0n) is 13.1. The molecule has 0 unspecified atom stereocenters. The number of hydrogen-bond acceptors (Lipinski definition) is 5. The van der Waals surface area contributed by atoms with Gasteiger partial charge in [0.25, 0.3) is 5.69 Å². The first-order valence-electron chi connectivity index (χ1n) is 7.84. The quantitative estimate of drug-likeness (QED) is 0.614. The fourth-order valence-corrected chi connectivity index (χ4v) is 5.46. The molecule has 2 heterocycles. The van der Waals surface area contributed by atoms with E-state index < -0.39 is 14.9 Å². The summed E-state index contributed by atoms with van der Waals surface area (Å²) in [5, 5.41) is 11.1. The van der Waals surface area contributed by atoms with Crippen molar-refractivity contribution in [1.82, 2.24) is 9.21 Å². The second-order valence-corrected chi connectivity index (χ2v) is 8.27. The van der Waals surface area contributed by atoms with E-state index in [1.807, 2.05) is 6.92 Å². The van der Waals surface area contributed by atoms with Gasteiger partial charge in [0, 0.05) is 36.8 Å². The van der Waals surface area contributed by atoms with Crippen LogP contribution >= 0.6 is 0 Å². The number of nitrogens with zero attached hydrogens (tertiary/aromatic N) is 3. The Morgan fingerprint density at radius 2 is 2.04 bits per heavy atom. The van der Waals surface area contributed by atoms with Gasteiger partial charge in [0.05, 0.1) is 10.7 Å². The van der Waals surface area contributed by atoms with E-state index in [0.717, 1.165) is 25.9 Å². The first-order valence-corrected chi connectivity index (χ1v) is 9.45. The average molecular weight is 339 g/mol. The number of fused-ring (bicyclic) bond motifs is 1. The summed E-state index contributed by atoms with van der Waals surface area (Å²) in [6.07, 6.45) is 2.12. The summed E-state index contributed by atoms with van der Waals surface area (Å²) in [7, 11) is -3.58. The molecule has 8 heteroatoms. The summed E-state index contributed by atoms with van der Waals surface area (Å²) in [5.74, 6) is -0.318. The second-order valence-electron chi connectivity index (χ2n) is 6.35. The molecule has 2 fully saturated rings. The smallest absolute Gasteiger partial charge is 0.273 e. The first kappa shape index (κ1) is 16.4. The van der Waals surface area contributed by atoms with E-state index in [1.54, 1.807) is 12.1 Å². The van der Waals surface area contributed by atoms with Crippen molar-refractivity contribution < 1.29 is 13.3 Å². The van der Waals surface area contributed by atoms with Crippen molar-refractivity contribution in [3.05, 3.63) is 39.9 Å². The molecule has 126 valence electrons. The maximum atomic E-state index is 12.8. The van der Waals surface area contributed by atoms with Crippen LogP contribution in [0.25, 0.3) is 0 Å². The van der Waals surface area contributed by atoms with Gasteiger partial charge in [-0.25, -0.2) is 8.42 Å². The molecule has 0 aromatic heterocycles. The van der Waals surface area contributed by atoms with Gasteiger partial charge in [-0.2, -0.15) is 4.31 Å². The molecule has 0 N–H and O–H groups in total. The molecule has 1 aromatic rings. The summed E-state index contributed by atoms with van der Waals surface area (Å²) in [5.41, 5.74) is 0.113. The Hall–Kier alpha value is -1.51. The Labute approximate surface area is 136 Å². The minimum absolute atomic E-state index is 0.0999. The third-order valence-corrected chi connectivity index (χ3v) is 6.66. The van der Waals surface area contributed by atoms with Crippen LogP contribution in [0.4, 0.5) is 5.69 Å². The van der Waals surface area contributed by atoms with Crippen molar-refractivity contribution in [1.29, 1.82) is 0 Å². The van der Waals surface area contributed by atoms with Crippen LogP contribution in [0.2, 0.25) is 0 Å². The maximum absolute atomic E-state index is 12.8. The summed E-state index contributed by atoms with van der Waals surface area (Å²) in [6.45, 7) is 4.17. The molecular formula is C15H21N3O4S. The number of rotatable bonds is 4. The maximum Gasteiger partial charge on any atom is 0.273 e. The van der Waals surface area contributed by atoms with Gasteiger partial charge < -0.3 is 0 Å². The third kappa shape index (κ3) is 3.24. The molecular weight excluding hydrogens is 318 g/mol. The monoisotopic (exact) mass is 339 g/mol. The van der Waals surface area contributed by atoms with Crippen molar-refractivity contribution in [3.8, 4) is 0 Å². The molecule has 0 bridgehead atoms. The standard InChI is InChI=1S/C15H21N3O4S/c1-12-9-16-8-4-6-14(16)10-17(12)23(21,22)11-13-5-2-3-7-15(13)18(19)20/h2-3,5,7,12,14H,4,6,8-11H2,1H3/t12-,14-/m1/s1. The van der Waals surface area contributed by atoms with Crippen LogP contribution in [0.15, 0.2) is 24.3 Å². The Bertz CT molecular complexity index is 706. The number of nitro groups is 1. The predicted octanol–water partition coefficient (Wildman–Crippen LogP) is 1.59. The van der Waals surface area contributed by atoms with Crippen LogP contribution in [0.5, 0.6) is 0 Å². The molecule has 0 radical (unpaired) electrons. The number of piperazine rings is 1. The SMILES string of the molecule is C[C@@H]1CN2CCC[C@@H]2CN1S(=O)(=O)Cc1ccccc1[N+](=O)[O-].